The highest BCUT2D eigenvalue weighted by atomic mass is 16.1. The minimum Gasteiger partial charge on any atom is -0.320 e. The molecule has 1 aromatic heterocycles. The van der Waals surface area contributed by atoms with Crippen LogP contribution in [0.15, 0.2) is 12.4 Å². The molecule has 1 amide bonds. The molecule has 1 aromatic rings. The summed E-state index contributed by atoms with van der Waals surface area (Å²) in [7, 11) is 1.84. The van der Waals surface area contributed by atoms with Gasteiger partial charge in [-0.25, -0.2) is 4.98 Å². The van der Waals surface area contributed by atoms with E-state index in [-0.39, 0.29) is 5.91 Å². The number of hydrogen-bond acceptors (Lipinski definition) is 2. The molecule has 0 radical (unpaired) electrons. The normalized spacial score (nSPS) is 9.83. The quantitative estimate of drug-likeness (QED) is 0.734. The van der Waals surface area contributed by atoms with Crippen LogP contribution in [0.2, 0.25) is 0 Å². The number of amides is 1. The number of nitrogens with zero attached hydrogens (tertiary/aromatic N) is 2. The van der Waals surface area contributed by atoms with Crippen LogP contribution in [0.4, 0.5) is 5.95 Å². The first-order valence-corrected chi connectivity index (χ1v) is 4.01. The van der Waals surface area contributed by atoms with E-state index < -0.39 is 0 Å². The number of nitrogens with one attached hydrogen (secondary N) is 1. The molecule has 0 saturated heterocycles. The van der Waals surface area contributed by atoms with Crippen LogP contribution >= 0.6 is 0 Å². The maximum Gasteiger partial charge on any atom is 0.226 e. The Bertz CT molecular complexity index is 267. The predicted octanol–water partition coefficient (Wildman–Crippen LogP) is 1.16. The van der Waals surface area contributed by atoms with Gasteiger partial charge in [-0.3, -0.25) is 10.1 Å². The van der Waals surface area contributed by atoms with Crippen LogP contribution in [-0.2, 0) is 11.8 Å². The highest BCUT2D eigenvalue weighted by molar-refractivity contribution is 5.88. The number of imidazole rings is 1. The predicted molar refractivity (Wildman–Crippen MR) is 46.7 cm³/mol. The molecule has 0 aliphatic carbocycles. The second kappa shape index (κ2) is 3.90. The number of carbonyl (C=O) groups excluding carboxylic acids is 1. The molecule has 0 aromatic carbocycles. The Balaban J connectivity index is 2.52. The molecule has 0 saturated carbocycles. The molecule has 0 aliphatic rings. The average Bonchev–Trinajstić information content (AvgIpc) is 2.37. The van der Waals surface area contributed by atoms with E-state index in [9.17, 15) is 4.79 Å². The van der Waals surface area contributed by atoms with Crippen molar-refractivity contribution in [3.05, 3.63) is 12.4 Å². The molecular weight excluding hydrogens is 154 g/mol. The average molecular weight is 167 g/mol. The van der Waals surface area contributed by atoms with Crippen molar-refractivity contribution in [1.82, 2.24) is 9.55 Å². The lowest BCUT2D eigenvalue weighted by atomic mass is 10.3. The van der Waals surface area contributed by atoms with E-state index in [1.165, 1.54) is 0 Å². The largest absolute Gasteiger partial charge is 0.320 e. The van der Waals surface area contributed by atoms with Crippen molar-refractivity contribution in [3.8, 4) is 0 Å². The zero-order valence-electron chi connectivity index (χ0n) is 7.37. The molecule has 12 heavy (non-hydrogen) atoms. The number of aromatic nitrogens is 2. The maximum absolute atomic E-state index is 11.1. The van der Waals surface area contributed by atoms with Crippen LogP contribution < -0.4 is 5.32 Å². The van der Waals surface area contributed by atoms with Crippen molar-refractivity contribution in [1.29, 1.82) is 0 Å². The van der Waals surface area contributed by atoms with Gasteiger partial charge in [0.15, 0.2) is 0 Å². The monoisotopic (exact) mass is 167 g/mol. The molecule has 4 nitrogen and oxygen atoms in total. The number of rotatable bonds is 3. The van der Waals surface area contributed by atoms with Crippen molar-refractivity contribution in [3.63, 3.8) is 0 Å². The van der Waals surface area contributed by atoms with E-state index in [1.54, 1.807) is 17.0 Å². The fourth-order valence-corrected chi connectivity index (χ4v) is 0.900. The zero-order chi connectivity index (χ0) is 8.97. The summed E-state index contributed by atoms with van der Waals surface area (Å²) in [6.07, 6.45) is 4.85. The van der Waals surface area contributed by atoms with Gasteiger partial charge < -0.3 is 4.57 Å². The fourth-order valence-electron chi connectivity index (χ4n) is 0.900. The fraction of sp³-hybridized carbons (Fsp3) is 0.500. The van der Waals surface area contributed by atoms with Crippen LogP contribution in [-0.4, -0.2) is 15.5 Å². The molecule has 1 rings (SSSR count). The third-order valence-corrected chi connectivity index (χ3v) is 1.55. The third-order valence-electron chi connectivity index (χ3n) is 1.55. The van der Waals surface area contributed by atoms with Crippen LogP contribution in [0.25, 0.3) is 0 Å². The maximum atomic E-state index is 11.1. The van der Waals surface area contributed by atoms with E-state index in [1.807, 2.05) is 14.0 Å². The van der Waals surface area contributed by atoms with Gasteiger partial charge in [0.25, 0.3) is 0 Å². The first kappa shape index (κ1) is 8.77. The van der Waals surface area contributed by atoms with Gasteiger partial charge in [0, 0.05) is 25.9 Å². The van der Waals surface area contributed by atoms with Crippen LogP contribution in [0, 0.1) is 0 Å². The first-order chi connectivity index (χ1) is 5.74. The summed E-state index contributed by atoms with van der Waals surface area (Å²) in [6, 6.07) is 0. The lowest BCUT2D eigenvalue weighted by Crippen LogP contribution is -2.13. The van der Waals surface area contributed by atoms with E-state index in [2.05, 4.69) is 10.3 Å². The van der Waals surface area contributed by atoms with Crippen molar-refractivity contribution in [2.75, 3.05) is 5.32 Å². The standard InChI is InChI=1S/C8H13N3O/c1-3-4-7(12)10-8-9-5-6-11(8)2/h5-6H,3-4H2,1-2H3,(H,9,10,12). The Hall–Kier alpha value is -1.32. The van der Waals surface area contributed by atoms with Crippen molar-refractivity contribution >= 4 is 11.9 Å². The lowest BCUT2D eigenvalue weighted by Gasteiger charge is -2.02. The van der Waals surface area contributed by atoms with Crippen LogP contribution in [0.5, 0.6) is 0 Å². The second-order valence-electron chi connectivity index (χ2n) is 2.66. The second-order valence-corrected chi connectivity index (χ2v) is 2.66. The zero-order valence-corrected chi connectivity index (χ0v) is 7.37. The summed E-state index contributed by atoms with van der Waals surface area (Å²) in [5, 5.41) is 2.70. The van der Waals surface area contributed by atoms with Gasteiger partial charge in [-0.1, -0.05) is 6.92 Å². The highest BCUT2D eigenvalue weighted by Crippen LogP contribution is 2.01. The van der Waals surface area contributed by atoms with Gasteiger partial charge in [0.05, 0.1) is 0 Å². The molecule has 0 spiro atoms. The molecule has 0 aliphatic heterocycles. The van der Waals surface area contributed by atoms with E-state index in [4.69, 9.17) is 0 Å². The van der Waals surface area contributed by atoms with Crippen molar-refractivity contribution in [2.24, 2.45) is 7.05 Å². The molecule has 4 heteroatoms. The first-order valence-electron chi connectivity index (χ1n) is 4.01. The molecule has 0 bridgehead atoms. The van der Waals surface area contributed by atoms with Crippen LogP contribution in [0.3, 0.4) is 0 Å². The Morgan fingerprint density at radius 2 is 2.50 bits per heavy atom. The molecule has 1 heterocycles. The molecule has 1 N–H and O–H groups in total. The Morgan fingerprint density at radius 3 is 3.00 bits per heavy atom. The summed E-state index contributed by atoms with van der Waals surface area (Å²) < 4.78 is 1.77. The van der Waals surface area contributed by atoms with Gasteiger partial charge in [0.1, 0.15) is 0 Å². The summed E-state index contributed by atoms with van der Waals surface area (Å²) in [4.78, 5) is 15.1. The molecule has 0 unspecified atom stereocenters. The SMILES string of the molecule is CCCC(=O)Nc1nccn1C. The number of aryl methyl sites for hydroxylation is 1. The summed E-state index contributed by atoms with van der Waals surface area (Å²) in [5.74, 6) is 0.625. The summed E-state index contributed by atoms with van der Waals surface area (Å²) >= 11 is 0. The van der Waals surface area contributed by atoms with Gasteiger partial charge in [-0.05, 0) is 6.42 Å². The molecular formula is C8H13N3O. The molecule has 66 valence electrons. The van der Waals surface area contributed by atoms with E-state index in [0.29, 0.717) is 12.4 Å². The third kappa shape index (κ3) is 2.08. The lowest BCUT2D eigenvalue weighted by molar-refractivity contribution is -0.116. The Morgan fingerprint density at radius 1 is 1.75 bits per heavy atom. The Labute approximate surface area is 71.6 Å². The summed E-state index contributed by atoms with van der Waals surface area (Å²) in [5.41, 5.74) is 0. The van der Waals surface area contributed by atoms with E-state index in [0.717, 1.165) is 6.42 Å². The molecule has 0 fully saturated rings. The number of hydrogen-bond donors (Lipinski definition) is 1. The van der Waals surface area contributed by atoms with Gasteiger partial charge >= 0.3 is 0 Å². The number of carbonyl (C=O) groups is 1. The highest BCUT2D eigenvalue weighted by Gasteiger charge is 2.03. The minimum absolute atomic E-state index is 0.0202. The van der Waals surface area contributed by atoms with Crippen molar-refractivity contribution in [2.45, 2.75) is 19.8 Å². The van der Waals surface area contributed by atoms with Gasteiger partial charge in [-0.15, -0.1) is 0 Å². The van der Waals surface area contributed by atoms with Crippen LogP contribution in [0.1, 0.15) is 19.8 Å². The van der Waals surface area contributed by atoms with E-state index >= 15 is 0 Å². The minimum atomic E-state index is 0.0202. The molecule has 0 atom stereocenters. The van der Waals surface area contributed by atoms with Gasteiger partial charge in [-0.2, -0.15) is 0 Å². The Kier molecular flexibility index (Phi) is 2.85. The number of anilines is 1. The van der Waals surface area contributed by atoms with Crippen molar-refractivity contribution < 1.29 is 4.79 Å². The smallest absolute Gasteiger partial charge is 0.226 e. The summed E-state index contributed by atoms with van der Waals surface area (Å²) in [6.45, 7) is 1.97. The topological polar surface area (TPSA) is 46.9 Å². The van der Waals surface area contributed by atoms with Gasteiger partial charge in [0.2, 0.25) is 11.9 Å².